The third kappa shape index (κ3) is 4.83. The number of anilines is 1. The van der Waals surface area contributed by atoms with Gasteiger partial charge < -0.3 is 10.2 Å². The number of benzene rings is 1. The van der Waals surface area contributed by atoms with Crippen LogP contribution in [0.4, 0.5) is 5.69 Å². The van der Waals surface area contributed by atoms with Crippen molar-refractivity contribution in [2.75, 3.05) is 25.0 Å². The lowest BCUT2D eigenvalue weighted by Gasteiger charge is -2.32. The molecule has 0 aliphatic carbocycles. The topological polar surface area (TPSA) is 33.1 Å². The Morgan fingerprint density at radius 3 is 2.78 bits per heavy atom. The van der Waals surface area contributed by atoms with Gasteiger partial charge in [0.15, 0.2) is 0 Å². The Balaban J connectivity index is 1.36. The number of nitrogens with one attached hydrogen (secondary N) is 1. The third-order valence-electron chi connectivity index (χ3n) is 4.67. The predicted octanol–water partition coefficient (Wildman–Crippen LogP) is 3.24. The minimum atomic E-state index is 0.617. The number of aromatic nitrogens is 2. The number of piperidine rings is 1. The first kappa shape index (κ1) is 16.1. The second-order valence-corrected chi connectivity index (χ2v) is 6.76. The second kappa shape index (κ2) is 7.64. The van der Waals surface area contributed by atoms with E-state index in [1.165, 1.54) is 55.7 Å². The summed E-state index contributed by atoms with van der Waals surface area (Å²) in [5, 5.41) is 7.92. The van der Waals surface area contributed by atoms with Crippen LogP contribution in [0, 0.1) is 6.92 Å². The molecule has 1 aliphatic rings. The first-order valence-electron chi connectivity index (χ1n) is 8.72. The molecule has 0 saturated carbocycles. The summed E-state index contributed by atoms with van der Waals surface area (Å²) < 4.78 is 1.89. The maximum Gasteiger partial charge on any atom is 0.0521 e. The van der Waals surface area contributed by atoms with Crippen molar-refractivity contribution in [1.82, 2.24) is 14.7 Å². The van der Waals surface area contributed by atoms with Crippen LogP contribution in [0.3, 0.4) is 0 Å². The van der Waals surface area contributed by atoms with Gasteiger partial charge in [-0.25, -0.2) is 0 Å². The molecule has 0 atom stereocenters. The van der Waals surface area contributed by atoms with E-state index in [1.807, 2.05) is 17.9 Å². The molecule has 4 nitrogen and oxygen atoms in total. The summed E-state index contributed by atoms with van der Waals surface area (Å²) in [6.07, 6.45) is 8.94. The maximum atomic E-state index is 4.23. The fraction of sp³-hybridized carbons (Fsp3) is 0.526. The molecule has 1 fully saturated rings. The summed E-state index contributed by atoms with van der Waals surface area (Å²) in [5.41, 5.74) is 3.94. The number of hydrogen-bond acceptors (Lipinski definition) is 3. The lowest BCUT2D eigenvalue weighted by atomic mass is 10.0. The van der Waals surface area contributed by atoms with Crippen molar-refractivity contribution in [3.05, 3.63) is 47.8 Å². The number of nitrogens with zero attached hydrogens (tertiary/aromatic N) is 3. The maximum absolute atomic E-state index is 4.23. The Morgan fingerprint density at radius 1 is 1.26 bits per heavy atom. The fourth-order valence-corrected chi connectivity index (χ4v) is 3.38. The molecule has 0 bridgehead atoms. The van der Waals surface area contributed by atoms with Crippen LogP contribution in [0.5, 0.6) is 0 Å². The van der Waals surface area contributed by atoms with Crippen molar-refractivity contribution in [3.63, 3.8) is 0 Å². The molecule has 0 unspecified atom stereocenters. The molecule has 2 aromatic rings. The quantitative estimate of drug-likeness (QED) is 0.889. The van der Waals surface area contributed by atoms with Crippen LogP contribution in [0.1, 0.15) is 30.4 Å². The largest absolute Gasteiger partial charge is 0.382 e. The first-order chi connectivity index (χ1) is 11.2. The average Bonchev–Trinajstić information content (AvgIpc) is 2.95. The lowest BCUT2D eigenvalue weighted by molar-refractivity contribution is 0.217. The average molecular weight is 312 g/mol. The third-order valence-corrected chi connectivity index (χ3v) is 4.67. The van der Waals surface area contributed by atoms with E-state index in [0.717, 1.165) is 6.42 Å². The van der Waals surface area contributed by atoms with Crippen molar-refractivity contribution in [3.8, 4) is 0 Å². The van der Waals surface area contributed by atoms with Crippen molar-refractivity contribution in [1.29, 1.82) is 0 Å². The molecule has 1 aromatic carbocycles. The van der Waals surface area contributed by atoms with Crippen molar-refractivity contribution in [2.24, 2.45) is 7.05 Å². The van der Waals surface area contributed by atoms with Crippen LogP contribution >= 0.6 is 0 Å². The van der Waals surface area contributed by atoms with Gasteiger partial charge in [0, 0.05) is 38.1 Å². The van der Waals surface area contributed by atoms with Crippen LogP contribution < -0.4 is 5.32 Å². The number of rotatable bonds is 6. The van der Waals surface area contributed by atoms with Gasteiger partial charge in [-0.2, -0.15) is 5.10 Å². The van der Waals surface area contributed by atoms with E-state index in [-0.39, 0.29) is 0 Å². The van der Waals surface area contributed by atoms with Gasteiger partial charge in [-0.3, -0.25) is 4.68 Å². The molecule has 23 heavy (non-hydrogen) atoms. The Labute approximate surface area is 139 Å². The van der Waals surface area contributed by atoms with Crippen LogP contribution in [0.25, 0.3) is 0 Å². The van der Waals surface area contributed by atoms with Crippen LogP contribution in [-0.4, -0.2) is 40.4 Å². The summed E-state index contributed by atoms with van der Waals surface area (Å²) in [4.78, 5) is 2.60. The molecule has 0 spiro atoms. The Bertz CT molecular complexity index is 611. The van der Waals surface area contributed by atoms with Gasteiger partial charge in [-0.15, -0.1) is 0 Å². The molecule has 1 aliphatic heterocycles. The zero-order valence-electron chi connectivity index (χ0n) is 14.3. The zero-order chi connectivity index (χ0) is 16.1. The van der Waals surface area contributed by atoms with Gasteiger partial charge in [-0.05, 0) is 62.4 Å². The van der Waals surface area contributed by atoms with Crippen molar-refractivity contribution in [2.45, 2.75) is 38.6 Å². The van der Waals surface area contributed by atoms with E-state index in [4.69, 9.17) is 0 Å². The fourth-order valence-electron chi connectivity index (χ4n) is 3.38. The van der Waals surface area contributed by atoms with E-state index < -0.39 is 0 Å². The minimum absolute atomic E-state index is 0.617. The van der Waals surface area contributed by atoms with Gasteiger partial charge in [0.05, 0.1) is 6.20 Å². The molecule has 4 heteroatoms. The Kier molecular flexibility index (Phi) is 5.34. The molecule has 1 N–H and O–H groups in total. The highest BCUT2D eigenvalue weighted by molar-refractivity contribution is 5.46. The van der Waals surface area contributed by atoms with E-state index in [1.54, 1.807) is 0 Å². The standard InChI is InChI=1S/C19H28N4/c1-16-5-3-7-19(13-16)21-18-8-11-23(12-9-18)10-4-6-17-14-20-22(2)15-17/h3,5,7,13-15,18,21H,4,6,8-12H2,1-2H3. The highest BCUT2D eigenvalue weighted by atomic mass is 15.2. The smallest absolute Gasteiger partial charge is 0.0521 e. The Morgan fingerprint density at radius 2 is 2.09 bits per heavy atom. The van der Waals surface area contributed by atoms with Gasteiger partial charge >= 0.3 is 0 Å². The number of hydrogen-bond donors (Lipinski definition) is 1. The summed E-state index contributed by atoms with van der Waals surface area (Å²) in [6.45, 7) is 5.76. The minimum Gasteiger partial charge on any atom is -0.382 e. The highest BCUT2D eigenvalue weighted by Crippen LogP contribution is 2.18. The molecule has 1 saturated heterocycles. The molecule has 0 amide bonds. The molecular formula is C19H28N4. The SMILES string of the molecule is Cc1cccc(NC2CCN(CCCc3cnn(C)c3)CC2)c1. The summed E-state index contributed by atoms with van der Waals surface area (Å²) in [5.74, 6) is 0. The molecular weight excluding hydrogens is 284 g/mol. The second-order valence-electron chi connectivity index (χ2n) is 6.76. The monoisotopic (exact) mass is 312 g/mol. The molecule has 0 radical (unpaired) electrons. The van der Waals surface area contributed by atoms with Crippen LogP contribution in [-0.2, 0) is 13.5 Å². The number of likely N-dealkylation sites (tertiary alicyclic amines) is 1. The van der Waals surface area contributed by atoms with E-state index in [2.05, 4.69) is 52.7 Å². The van der Waals surface area contributed by atoms with Gasteiger partial charge in [0.2, 0.25) is 0 Å². The van der Waals surface area contributed by atoms with Gasteiger partial charge in [0.1, 0.15) is 0 Å². The molecule has 2 heterocycles. The zero-order valence-corrected chi connectivity index (χ0v) is 14.3. The summed E-state index contributed by atoms with van der Waals surface area (Å²) >= 11 is 0. The predicted molar refractivity (Wildman–Crippen MR) is 95.8 cm³/mol. The first-order valence-corrected chi connectivity index (χ1v) is 8.72. The summed E-state index contributed by atoms with van der Waals surface area (Å²) in [6, 6.07) is 9.31. The van der Waals surface area contributed by atoms with Crippen molar-refractivity contribution >= 4 is 5.69 Å². The van der Waals surface area contributed by atoms with Gasteiger partial charge in [-0.1, -0.05) is 12.1 Å². The Hall–Kier alpha value is -1.81. The molecule has 1 aromatic heterocycles. The van der Waals surface area contributed by atoms with Crippen molar-refractivity contribution < 1.29 is 0 Å². The summed E-state index contributed by atoms with van der Waals surface area (Å²) in [7, 11) is 1.98. The van der Waals surface area contributed by atoms with E-state index >= 15 is 0 Å². The highest BCUT2D eigenvalue weighted by Gasteiger charge is 2.18. The van der Waals surface area contributed by atoms with E-state index in [9.17, 15) is 0 Å². The molecule has 3 rings (SSSR count). The normalized spacial score (nSPS) is 16.6. The van der Waals surface area contributed by atoms with Crippen LogP contribution in [0.2, 0.25) is 0 Å². The number of aryl methyl sites for hydroxylation is 3. The lowest BCUT2D eigenvalue weighted by Crippen LogP contribution is -2.39. The van der Waals surface area contributed by atoms with Crippen LogP contribution in [0.15, 0.2) is 36.7 Å². The van der Waals surface area contributed by atoms with Gasteiger partial charge in [0.25, 0.3) is 0 Å². The molecule has 124 valence electrons. The van der Waals surface area contributed by atoms with E-state index in [0.29, 0.717) is 6.04 Å².